The van der Waals surface area contributed by atoms with Crippen molar-refractivity contribution < 1.29 is 27.4 Å². The van der Waals surface area contributed by atoms with E-state index < -0.39 is 16.0 Å². The molecule has 0 unspecified atom stereocenters. The number of sulfonamides is 1. The van der Waals surface area contributed by atoms with Crippen LogP contribution in [-0.4, -0.2) is 34.2 Å². The molecule has 2 aromatic rings. The van der Waals surface area contributed by atoms with Gasteiger partial charge in [0, 0.05) is 11.8 Å². The second kappa shape index (κ2) is 8.52. The van der Waals surface area contributed by atoms with E-state index in [4.69, 9.17) is 14.2 Å². The van der Waals surface area contributed by atoms with Crippen LogP contribution in [0.2, 0.25) is 0 Å². The van der Waals surface area contributed by atoms with Crippen LogP contribution in [0.25, 0.3) is 0 Å². The van der Waals surface area contributed by atoms with Crippen LogP contribution in [0, 0.1) is 5.92 Å². The summed E-state index contributed by atoms with van der Waals surface area (Å²) in [5, 5.41) is 0. The molecule has 2 aromatic carbocycles. The van der Waals surface area contributed by atoms with Gasteiger partial charge in [-0.2, -0.15) is 0 Å². The van der Waals surface area contributed by atoms with Gasteiger partial charge in [0.1, 0.15) is 13.2 Å². The van der Waals surface area contributed by atoms with E-state index in [0.29, 0.717) is 48.5 Å². The molecule has 1 heterocycles. The molecule has 0 aliphatic carbocycles. The molecule has 1 aliphatic heterocycles. The zero-order valence-corrected chi connectivity index (χ0v) is 16.6. The molecule has 0 atom stereocenters. The van der Waals surface area contributed by atoms with Gasteiger partial charge in [0.2, 0.25) is 0 Å². The van der Waals surface area contributed by atoms with Crippen molar-refractivity contribution in [2.45, 2.75) is 25.2 Å². The molecule has 0 spiro atoms. The van der Waals surface area contributed by atoms with Crippen molar-refractivity contribution in [3.8, 4) is 11.5 Å². The van der Waals surface area contributed by atoms with Gasteiger partial charge in [-0.25, -0.2) is 13.2 Å². The maximum atomic E-state index is 12.6. The van der Waals surface area contributed by atoms with E-state index in [2.05, 4.69) is 18.6 Å². The summed E-state index contributed by atoms with van der Waals surface area (Å²) in [7, 11) is -3.81. The Morgan fingerprint density at radius 2 is 1.75 bits per heavy atom. The third kappa shape index (κ3) is 4.95. The normalized spacial score (nSPS) is 13.2. The van der Waals surface area contributed by atoms with E-state index in [-0.39, 0.29) is 4.90 Å². The third-order valence-corrected chi connectivity index (χ3v) is 5.50. The molecule has 28 heavy (non-hydrogen) atoms. The number of anilines is 1. The van der Waals surface area contributed by atoms with E-state index in [1.807, 2.05) is 0 Å². The zero-order valence-electron chi connectivity index (χ0n) is 15.8. The number of carbonyl (C=O) groups is 1. The lowest BCUT2D eigenvalue weighted by Crippen LogP contribution is -2.17. The van der Waals surface area contributed by atoms with E-state index in [1.165, 1.54) is 36.4 Å². The van der Waals surface area contributed by atoms with Gasteiger partial charge in [-0.15, -0.1) is 0 Å². The lowest BCUT2D eigenvalue weighted by Gasteiger charge is -2.19. The topological polar surface area (TPSA) is 90.9 Å². The first-order valence-corrected chi connectivity index (χ1v) is 10.5. The Kier molecular flexibility index (Phi) is 6.08. The molecule has 8 heteroatoms. The number of hydrogen-bond acceptors (Lipinski definition) is 6. The summed E-state index contributed by atoms with van der Waals surface area (Å²) in [4.78, 5) is 12.1. The summed E-state index contributed by atoms with van der Waals surface area (Å²) >= 11 is 0. The average Bonchev–Trinajstić information content (AvgIpc) is 2.67. The number of nitrogens with one attached hydrogen (secondary N) is 1. The van der Waals surface area contributed by atoms with Gasteiger partial charge in [0.05, 0.1) is 17.1 Å². The SMILES string of the molecule is CC(C)CCOC(=O)c1ccc(NS(=O)(=O)c2ccc3c(c2)OCCO3)cc1. The van der Waals surface area contributed by atoms with E-state index >= 15 is 0 Å². The molecule has 0 saturated heterocycles. The molecular weight excluding hydrogens is 382 g/mol. The molecule has 0 amide bonds. The number of fused-ring (bicyclic) bond motifs is 1. The van der Waals surface area contributed by atoms with Crippen LogP contribution in [0.15, 0.2) is 47.4 Å². The molecule has 3 rings (SSSR count). The average molecular weight is 405 g/mol. The Balaban J connectivity index is 1.67. The lowest BCUT2D eigenvalue weighted by atomic mass is 10.1. The highest BCUT2D eigenvalue weighted by atomic mass is 32.2. The Morgan fingerprint density at radius 1 is 1.07 bits per heavy atom. The summed E-state index contributed by atoms with van der Waals surface area (Å²) in [6, 6.07) is 10.6. The number of ether oxygens (including phenoxy) is 3. The largest absolute Gasteiger partial charge is 0.486 e. The van der Waals surface area contributed by atoms with Gasteiger partial charge in [-0.3, -0.25) is 4.72 Å². The first kappa shape index (κ1) is 20.0. The molecule has 0 saturated carbocycles. The van der Waals surface area contributed by atoms with Crippen molar-refractivity contribution >= 4 is 21.7 Å². The summed E-state index contributed by atoms with van der Waals surface area (Å²) < 4.78 is 43.7. The summed E-state index contributed by atoms with van der Waals surface area (Å²) in [6.07, 6.45) is 0.791. The number of esters is 1. The smallest absolute Gasteiger partial charge is 0.338 e. The van der Waals surface area contributed by atoms with Crippen molar-refractivity contribution in [3.63, 3.8) is 0 Å². The molecular formula is C20H23NO6S. The highest BCUT2D eigenvalue weighted by Crippen LogP contribution is 2.32. The predicted octanol–water partition coefficient (Wildman–Crippen LogP) is 3.46. The fourth-order valence-electron chi connectivity index (χ4n) is 2.55. The highest BCUT2D eigenvalue weighted by molar-refractivity contribution is 7.92. The minimum Gasteiger partial charge on any atom is -0.486 e. The predicted molar refractivity (Wildman–Crippen MR) is 104 cm³/mol. The van der Waals surface area contributed by atoms with Gasteiger partial charge < -0.3 is 14.2 Å². The standard InChI is InChI=1S/C20H23NO6S/c1-14(2)9-10-27-20(22)15-3-5-16(6-4-15)21-28(23,24)17-7-8-18-19(13-17)26-12-11-25-18/h3-8,13-14,21H,9-12H2,1-2H3. The van der Waals surface area contributed by atoms with Gasteiger partial charge in [0.15, 0.2) is 11.5 Å². The Morgan fingerprint density at radius 3 is 2.43 bits per heavy atom. The van der Waals surface area contributed by atoms with Gasteiger partial charge in [-0.1, -0.05) is 13.8 Å². The fourth-order valence-corrected chi connectivity index (χ4v) is 3.62. The lowest BCUT2D eigenvalue weighted by molar-refractivity contribution is 0.0488. The van der Waals surface area contributed by atoms with Crippen LogP contribution < -0.4 is 14.2 Å². The van der Waals surface area contributed by atoms with E-state index in [9.17, 15) is 13.2 Å². The van der Waals surface area contributed by atoms with Crippen LogP contribution in [0.3, 0.4) is 0 Å². The van der Waals surface area contributed by atoms with Crippen LogP contribution in [-0.2, 0) is 14.8 Å². The van der Waals surface area contributed by atoms with Crippen molar-refractivity contribution in [3.05, 3.63) is 48.0 Å². The van der Waals surface area contributed by atoms with Crippen LogP contribution in [0.5, 0.6) is 11.5 Å². The molecule has 0 bridgehead atoms. The van der Waals surface area contributed by atoms with E-state index in [1.54, 1.807) is 6.07 Å². The van der Waals surface area contributed by atoms with Crippen molar-refractivity contribution in [2.24, 2.45) is 5.92 Å². The molecule has 0 fully saturated rings. The number of carbonyl (C=O) groups excluding carboxylic acids is 1. The van der Waals surface area contributed by atoms with Crippen molar-refractivity contribution in [1.29, 1.82) is 0 Å². The van der Waals surface area contributed by atoms with Crippen molar-refractivity contribution in [1.82, 2.24) is 0 Å². The highest BCUT2D eigenvalue weighted by Gasteiger charge is 2.19. The second-order valence-corrected chi connectivity index (χ2v) is 8.49. The summed E-state index contributed by atoms with van der Waals surface area (Å²) in [5.41, 5.74) is 0.708. The number of rotatable bonds is 7. The quantitative estimate of drug-likeness (QED) is 0.710. The van der Waals surface area contributed by atoms with Crippen LogP contribution in [0.4, 0.5) is 5.69 Å². The first-order valence-electron chi connectivity index (χ1n) is 9.05. The molecule has 1 aliphatic rings. The maximum absolute atomic E-state index is 12.6. The Hall–Kier alpha value is -2.74. The fraction of sp³-hybridized carbons (Fsp3) is 0.350. The molecule has 0 aromatic heterocycles. The van der Waals surface area contributed by atoms with Crippen LogP contribution in [0.1, 0.15) is 30.6 Å². The number of hydrogen-bond donors (Lipinski definition) is 1. The Labute approximate surface area is 164 Å². The van der Waals surface area contributed by atoms with Gasteiger partial charge in [-0.05, 0) is 48.7 Å². The monoisotopic (exact) mass is 405 g/mol. The Bertz CT molecular complexity index is 938. The van der Waals surface area contributed by atoms with Crippen LogP contribution >= 0.6 is 0 Å². The first-order chi connectivity index (χ1) is 13.3. The summed E-state index contributed by atoms with van der Waals surface area (Å²) in [6.45, 7) is 5.27. The summed E-state index contributed by atoms with van der Waals surface area (Å²) in [5.74, 6) is 0.936. The minimum atomic E-state index is -3.81. The molecule has 1 N–H and O–H groups in total. The number of benzene rings is 2. The van der Waals surface area contributed by atoms with Gasteiger partial charge in [0.25, 0.3) is 10.0 Å². The van der Waals surface area contributed by atoms with Crippen molar-refractivity contribution in [2.75, 3.05) is 24.5 Å². The molecule has 7 nitrogen and oxygen atoms in total. The maximum Gasteiger partial charge on any atom is 0.338 e. The second-order valence-electron chi connectivity index (χ2n) is 6.81. The molecule has 150 valence electrons. The molecule has 0 radical (unpaired) electrons. The zero-order chi connectivity index (χ0) is 20.1. The third-order valence-electron chi connectivity index (χ3n) is 4.13. The minimum absolute atomic E-state index is 0.0638. The van der Waals surface area contributed by atoms with Gasteiger partial charge >= 0.3 is 5.97 Å². The van der Waals surface area contributed by atoms with E-state index in [0.717, 1.165) is 6.42 Å².